The van der Waals surface area contributed by atoms with Crippen LogP contribution in [-0.2, 0) is 4.79 Å². The number of carbonyl (C=O) groups is 1. The molecule has 2 N–H and O–H groups in total. The summed E-state index contributed by atoms with van der Waals surface area (Å²) in [5.41, 5.74) is 0.429. The minimum absolute atomic E-state index is 0.0290. The van der Waals surface area contributed by atoms with Gasteiger partial charge in [0.25, 0.3) is 0 Å². The van der Waals surface area contributed by atoms with Gasteiger partial charge in [-0.1, -0.05) is 17.7 Å². The van der Waals surface area contributed by atoms with Crippen LogP contribution in [0.25, 0.3) is 0 Å². The normalized spacial score (nSPS) is 36.0. The van der Waals surface area contributed by atoms with Gasteiger partial charge in [0.05, 0.1) is 11.1 Å². The number of hydrogen-bond acceptors (Lipinski definition) is 2. The summed E-state index contributed by atoms with van der Waals surface area (Å²) in [7, 11) is 0. The van der Waals surface area contributed by atoms with Crippen molar-refractivity contribution in [3.63, 3.8) is 0 Å². The van der Waals surface area contributed by atoms with Gasteiger partial charge in [0.2, 0.25) is 5.91 Å². The number of benzene rings is 1. The van der Waals surface area contributed by atoms with Crippen molar-refractivity contribution in [1.29, 1.82) is 0 Å². The summed E-state index contributed by atoms with van der Waals surface area (Å²) in [5.74, 6) is 2.33. The van der Waals surface area contributed by atoms with Crippen molar-refractivity contribution in [2.24, 2.45) is 29.6 Å². The fourth-order valence-electron chi connectivity index (χ4n) is 4.83. The molecular weight excluding hydrogens is 305 g/mol. The van der Waals surface area contributed by atoms with Gasteiger partial charge in [-0.2, -0.15) is 0 Å². The van der Waals surface area contributed by atoms with Crippen LogP contribution in [0.3, 0.4) is 0 Å². The van der Waals surface area contributed by atoms with Crippen molar-refractivity contribution >= 4 is 17.5 Å². The summed E-state index contributed by atoms with van der Waals surface area (Å²) < 4.78 is 13.4. The van der Waals surface area contributed by atoms with Gasteiger partial charge in [0.1, 0.15) is 5.82 Å². The Bertz CT molecular complexity index is 607. The molecule has 0 radical (unpaired) electrons. The monoisotopic (exact) mass is 323 g/mol. The zero-order chi connectivity index (χ0) is 15.4. The molecule has 0 aliphatic heterocycles. The van der Waals surface area contributed by atoms with Gasteiger partial charge in [0.15, 0.2) is 0 Å². The highest BCUT2D eigenvalue weighted by Crippen LogP contribution is 2.69. The summed E-state index contributed by atoms with van der Waals surface area (Å²) in [5, 5.41) is 12.9. The molecule has 0 saturated heterocycles. The molecule has 4 rings (SSSR count). The largest absolute Gasteiger partial charge is 0.387 e. The van der Waals surface area contributed by atoms with Crippen molar-refractivity contribution in [2.45, 2.75) is 25.4 Å². The van der Waals surface area contributed by atoms with Gasteiger partial charge >= 0.3 is 0 Å². The highest BCUT2D eigenvalue weighted by Gasteiger charge is 2.67. The van der Waals surface area contributed by atoms with Crippen LogP contribution < -0.4 is 5.32 Å². The van der Waals surface area contributed by atoms with Crippen molar-refractivity contribution in [2.75, 3.05) is 6.54 Å². The average Bonchev–Trinajstić information content (AvgIpc) is 2.95. The summed E-state index contributed by atoms with van der Waals surface area (Å²) in [6.45, 7) is 0.116. The fourth-order valence-corrected chi connectivity index (χ4v) is 4.95. The number of halogens is 2. The van der Waals surface area contributed by atoms with Crippen molar-refractivity contribution in [3.8, 4) is 0 Å². The van der Waals surface area contributed by atoms with Crippen molar-refractivity contribution in [1.82, 2.24) is 5.32 Å². The fraction of sp³-hybridized carbons (Fsp3) is 0.588. The van der Waals surface area contributed by atoms with Crippen LogP contribution in [0.2, 0.25) is 5.02 Å². The van der Waals surface area contributed by atoms with Gasteiger partial charge in [-0.25, -0.2) is 4.39 Å². The van der Waals surface area contributed by atoms with Crippen LogP contribution in [0.5, 0.6) is 0 Å². The topological polar surface area (TPSA) is 49.3 Å². The van der Waals surface area contributed by atoms with Gasteiger partial charge in [-0.05, 0) is 60.6 Å². The zero-order valence-electron chi connectivity index (χ0n) is 12.1. The first-order valence-electron chi connectivity index (χ1n) is 7.97. The minimum Gasteiger partial charge on any atom is -0.387 e. The molecule has 3 aliphatic carbocycles. The van der Waals surface area contributed by atoms with E-state index in [1.54, 1.807) is 6.07 Å². The van der Waals surface area contributed by atoms with Crippen molar-refractivity contribution in [3.05, 3.63) is 34.6 Å². The van der Waals surface area contributed by atoms with E-state index in [9.17, 15) is 14.3 Å². The SMILES string of the molecule is O=C(NCC(O)c1ccc(Cl)c(F)c1)C1C2C3CCC(C3)C12. The predicted octanol–water partition coefficient (Wildman–Crippen LogP) is 2.92. The molecule has 1 amide bonds. The number of nitrogens with one attached hydrogen (secondary N) is 1. The standard InChI is InChI=1S/C17H19ClFNO2/c18-11-4-3-8(6-12(11)19)13(21)7-20-17(22)16-14-9-1-2-10(5-9)15(14)16/h3-4,6,9-10,13-16,21H,1-2,5,7H2,(H,20,22). The molecule has 2 bridgehead atoms. The third-order valence-electron chi connectivity index (χ3n) is 5.84. The van der Waals surface area contributed by atoms with Crippen LogP contribution in [0.4, 0.5) is 4.39 Å². The maximum Gasteiger partial charge on any atom is 0.223 e. The molecule has 3 nitrogen and oxygen atoms in total. The Balaban J connectivity index is 1.33. The minimum atomic E-state index is -0.911. The Hall–Kier alpha value is -1.13. The van der Waals surface area contributed by atoms with Gasteiger partial charge < -0.3 is 10.4 Å². The zero-order valence-corrected chi connectivity index (χ0v) is 12.9. The number of aliphatic hydroxyl groups is 1. The first-order chi connectivity index (χ1) is 10.6. The molecular formula is C17H19ClFNO2. The van der Waals surface area contributed by atoms with E-state index in [0.29, 0.717) is 17.4 Å². The molecule has 3 saturated carbocycles. The Morgan fingerprint density at radius 2 is 2.05 bits per heavy atom. The third-order valence-corrected chi connectivity index (χ3v) is 6.14. The number of fused-ring (bicyclic) bond motifs is 5. The van der Waals surface area contributed by atoms with Gasteiger partial charge in [-0.3, -0.25) is 4.79 Å². The summed E-state index contributed by atoms with van der Waals surface area (Å²) >= 11 is 5.62. The summed E-state index contributed by atoms with van der Waals surface area (Å²) in [6, 6.07) is 4.21. The molecule has 1 aromatic carbocycles. The second-order valence-electron chi connectivity index (χ2n) is 6.95. The summed E-state index contributed by atoms with van der Waals surface area (Å²) in [4.78, 5) is 12.3. The van der Waals surface area contributed by atoms with E-state index < -0.39 is 11.9 Å². The molecule has 3 fully saturated rings. The van der Waals surface area contributed by atoms with Crippen molar-refractivity contribution < 1.29 is 14.3 Å². The first kappa shape index (κ1) is 14.5. The maximum atomic E-state index is 13.4. The third kappa shape index (κ3) is 2.24. The number of carbonyl (C=O) groups excluding carboxylic acids is 1. The first-order valence-corrected chi connectivity index (χ1v) is 8.35. The lowest BCUT2D eigenvalue weighted by atomic mass is 10.0. The Morgan fingerprint density at radius 1 is 1.36 bits per heavy atom. The highest BCUT2D eigenvalue weighted by atomic mass is 35.5. The van der Waals surface area contributed by atoms with Gasteiger partial charge in [-0.15, -0.1) is 0 Å². The maximum absolute atomic E-state index is 13.4. The molecule has 5 unspecified atom stereocenters. The number of hydrogen-bond donors (Lipinski definition) is 2. The molecule has 118 valence electrons. The van der Waals surface area contributed by atoms with E-state index in [4.69, 9.17) is 11.6 Å². The lowest BCUT2D eigenvalue weighted by Crippen LogP contribution is -2.31. The molecule has 0 heterocycles. The van der Waals surface area contributed by atoms with Gasteiger partial charge in [0, 0.05) is 12.5 Å². The van der Waals surface area contributed by atoms with E-state index in [2.05, 4.69) is 5.32 Å². The molecule has 0 spiro atoms. The Morgan fingerprint density at radius 3 is 2.68 bits per heavy atom. The molecule has 22 heavy (non-hydrogen) atoms. The van der Waals surface area contributed by atoms with Crippen LogP contribution in [0.1, 0.15) is 30.9 Å². The van der Waals surface area contributed by atoms with Crippen LogP contribution in [0, 0.1) is 35.4 Å². The van der Waals surface area contributed by atoms with E-state index in [0.717, 1.165) is 11.8 Å². The van der Waals surface area contributed by atoms with E-state index in [1.807, 2.05) is 0 Å². The second-order valence-corrected chi connectivity index (χ2v) is 7.36. The predicted molar refractivity (Wildman–Crippen MR) is 80.7 cm³/mol. The van der Waals surface area contributed by atoms with E-state index in [-0.39, 0.29) is 23.4 Å². The number of amides is 1. The second kappa shape index (κ2) is 5.20. The molecule has 0 aromatic heterocycles. The lowest BCUT2D eigenvalue weighted by molar-refractivity contribution is -0.123. The molecule has 3 aliphatic rings. The lowest BCUT2D eigenvalue weighted by Gasteiger charge is -2.14. The average molecular weight is 324 g/mol. The highest BCUT2D eigenvalue weighted by molar-refractivity contribution is 6.30. The molecule has 5 atom stereocenters. The number of rotatable bonds is 4. The summed E-state index contributed by atoms with van der Waals surface area (Å²) in [6.07, 6.45) is 2.96. The molecule has 1 aromatic rings. The molecule has 5 heteroatoms. The van der Waals surface area contributed by atoms with Crippen LogP contribution in [-0.4, -0.2) is 17.6 Å². The Labute approximate surface area is 133 Å². The van der Waals surface area contributed by atoms with E-state index >= 15 is 0 Å². The van der Waals surface area contributed by atoms with Crippen LogP contribution >= 0.6 is 11.6 Å². The number of aliphatic hydroxyl groups excluding tert-OH is 1. The van der Waals surface area contributed by atoms with E-state index in [1.165, 1.54) is 31.4 Å². The van der Waals surface area contributed by atoms with Crippen LogP contribution in [0.15, 0.2) is 18.2 Å². The quantitative estimate of drug-likeness (QED) is 0.895. The Kier molecular flexibility index (Phi) is 3.42. The smallest absolute Gasteiger partial charge is 0.223 e.